The van der Waals surface area contributed by atoms with E-state index in [2.05, 4.69) is 4.90 Å². The van der Waals surface area contributed by atoms with Gasteiger partial charge < -0.3 is 14.4 Å². The summed E-state index contributed by atoms with van der Waals surface area (Å²) in [5, 5.41) is 0. The molecule has 156 valence electrons. The lowest BCUT2D eigenvalue weighted by molar-refractivity contribution is -0.121. The Balaban J connectivity index is 0.000000484. The van der Waals surface area contributed by atoms with E-state index in [-0.39, 0.29) is 0 Å². The minimum Gasteiger partial charge on any atom is -0.378 e. The summed E-state index contributed by atoms with van der Waals surface area (Å²) in [5.74, 6) is 0.813. The number of hydrogen-bond donors (Lipinski definition) is 0. The van der Waals surface area contributed by atoms with Gasteiger partial charge in [0.05, 0.1) is 25.9 Å². The second kappa shape index (κ2) is 17.9. The normalized spacial score (nSPS) is 18.5. The third-order valence-electron chi connectivity index (χ3n) is 4.86. The predicted octanol–water partition coefficient (Wildman–Crippen LogP) is 5.10. The van der Waals surface area contributed by atoms with Crippen molar-refractivity contribution in [2.45, 2.75) is 92.1 Å². The zero-order chi connectivity index (χ0) is 19.6. The standard InChI is InChI=1S/C12H25NO2.C8H14O.C2H6/c1-12(2)15-11-10-14-9-8-13-6-4-3-5-7-13;1-7(9)8-5-3-2-4-6-8;1-2/h12H,3-11H2,1-2H3;8H,2-6H2,1H3;1-2H3. The number of rotatable bonds is 8. The van der Waals surface area contributed by atoms with Crippen LogP contribution in [0.1, 0.15) is 86.0 Å². The summed E-state index contributed by atoms with van der Waals surface area (Å²) < 4.78 is 10.9. The molecule has 0 radical (unpaired) electrons. The number of carbonyl (C=O) groups excluding carboxylic acids is 1. The van der Waals surface area contributed by atoms with Crippen molar-refractivity contribution in [2.75, 3.05) is 39.5 Å². The van der Waals surface area contributed by atoms with Crippen molar-refractivity contribution in [3.05, 3.63) is 0 Å². The Labute approximate surface area is 163 Å². The predicted molar refractivity (Wildman–Crippen MR) is 111 cm³/mol. The first-order chi connectivity index (χ1) is 12.6. The van der Waals surface area contributed by atoms with Gasteiger partial charge in [0, 0.05) is 12.5 Å². The van der Waals surface area contributed by atoms with Gasteiger partial charge in [-0.25, -0.2) is 0 Å². The minimum absolute atomic E-state index is 0.315. The minimum atomic E-state index is 0.315. The zero-order valence-electron chi connectivity index (χ0n) is 18.2. The molecule has 1 saturated carbocycles. The monoisotopic (exact) mass is 371 g/mol. The number of ether oxygens (including phenoxy) is 2. The highest BCUT2D eigenvalue weighted by Gasteiger charge is 2.16. The molecule has 4 heteroatoms. The molecule has 1 saturated heterocycles. The lowest BCUT2D eigenvalue weighted by Crippen LogP contribution is -2.32. The summed E-state index contributed by atoms with van der Waals surface area (Å²) in [6.07, 6.45) is 10.6. The number of nitrogens with zero attached hydrogens (tertiary/aromatic N) is 1. The Hall–Kier alpha value is -0.450. The highest BCUT2D eigenvalue weighted by atomic mass is 16.5. The van der Waals surface area contributed by atoms with Gasteiger partial charge in [0.1, 0.15) is 5.78 Å². The van der Waals surface area contributed by atoms with Crippen LogP contribution in [-0.4, -0.2) is 56.2 Å². The van der Waals surface area contributed by atoms with Crippen LogP contribution >= 0.6 is 0 Å². The van der Waals surface area contributed by atoms with E-state index in [9.17, 15) is 4.79 Å². The van der Waals surface area contributed by atoms with Gasteiger partial charge in [-0.3, -0.25) is 4.79 Å². The molecule has 4 nitrogen and oxygen atoms in total. The van der Waals surface area contributed by atoms with E-state index in [1.54, 1.807) is 6.92 Å². The first kappa shape index (κ1) is 25.6. The number of hydrogen-bond acceptors (Lipinski definition) is 4. The highest BCUT2D eigenvalue weighted by molar-refractivity contribution is 5.78. The lowest BCUT2D eigenvalue weighted by Gasteiger charge is -2.26. The summed E-state index contributed by atoms with van der Waals surface area (Å²) in [4.78, 5) is 13.3. The summed E-state index contributed by atoms with van der Waals surface area (Å²) in [5.41, 5.74) is 0. The summed E-state index contributed by atoms with van der Waals surface area (Å²) >= 11 is 0. The molecular formula is C22H45NO3. The Morgan fingerprint density at radius 2 is 1.50 bits per heavy atom. The van der Waals surface area contributed by atoms with E-state index in [1.165, 1.54) is 51.6 Å². The summed E-state index contributed by atoms with van der Waals surface area (Å²) in [7, 11) is 0. The molecule has 2 aliphatic rings. The maximum absolute atomic E-state index is 10.8. The number of carbonyl (C=O) groups is 1. The van der Waals surface area contributed by atoms with Gasteiger partial charge in [-0.1, -0.05) is 39.5 Å². The van der Waals surface area contributed by atoms with Crippen LogP contribution in [0.25, 0.3) is 0 Å². The molecular weight excluding hydrogens is 326 g/mol. The zero-order valence-corrected chi connectivity index (χ0v) is 18.2. The Bertz CT molecular complexity index is 309. The molecule has 1 heterocycles. The number of piperidine rings is 1. The third kappa shape index (κ3) is 14.7. The van der Waals surface area contributed by atoms with Gasteiger partial charge >= 0.3 is 0 Å². The van der Waals surface area contributed by atoms with E-state index >= 15 is 0 Å². The average molecular weight is 372 g/mol. The summed E-state index contributed by atoms with van der Waals surface area (Å²) in [6, 6.07) is 0. The van der Waals surface area contributed by atoms with E-state index in [0.29, 0.717) is 17.8 Å². The van der Waals surface area contributed by atoms with E-state index in [0.717, 1.165) is 39.2 Å². The maximum atomic E-state index is 10.8. The molecule has 0 unspecified atom stereocenters. The van der Waals surface area contributed by atoms with Gasteiger partial charge in [0.25, 0.3) is 0 Å². The van der Waals surface area contributed by atoms with Crippen molar-refractivity contribution < 1.29 is 14.3 Å². The lowest BCUT2D eigenvalue weighted by atomic mass is 9.87. The van der Waals surface area contributed by atoms with Crippen LogP contribution in [0.15, 0.2) is 0 Å². The SMILES string of the molecule is CC.CC(=O)C1CCCCC1.CC(C)OCCOCCN1CCCCC1. The first-order valence-electron chi connectivity index (χ1n) is 11.0. The number of ketones is 1. The molecule has 0 aromatic rings. The van der Waals surface area contributed by atoms with E-state index in [1.807, 2.05) is 27.7 Å². The van der Waals surface area contributed by atoms with Gasteiger partial charge in [-0.05, 0) is 59.5 Å². The fourth-order valence-electron chi connectivity index (χ4n) is 3.33. The molecule has 26 heavy (non-hydrogen) atoms. The summed E-state index contributed by atoms with van der Waals surface area (Å²) in [6.45, 7) is 15.7. The molecule has 0 aromatic heterocycles. The molecule has 0 aromatic carbocycles. The van der Waals surface area contributed by atoms with Gasteiger partial charge in [0.2, 0.25) is 0 Å². The second-order valence-electron chi connectivity index (χ2n) is 7.38. The van der Waals surface area contributed by atoms with Crippen LogP contribution in [-0.2, 0) is 14.3 Å². The van der Waals surface area contributed by atoms with Crippen molar-refractivity contribution in [3.63, 3.8) is 0 Å². The van der Waals surface area contributed by atoms with Crippen LogP contribution in [0.5, 0.6) is 0 Å². The second-order valence-corrected chi connectivity index (χ2v) is 7.38. The molecule has 1 aliphatic carbocycles. The van der Waals surface area contributed by atoms with Gasteiger partial charge in [0.15, 0.2) is 0 Å². The molecule has 1 aliphatic heterocycles. The first-order valence-corrected chi connectivity index (χ1v) is 11.0. The Morgan fingerprint density at radius 1 is 0.923 bits per heavy atom. The fraction of sp³-hybridized carbons (Fsp3) is 0.955. The third-order valence-corrected chi connectivity index (χ3v) is 4.86. The molecule has 2 fully saturated rings. The fourth-order valence-corrected chi connectivity index (χ4v) is 3.33. The van der Waals surface area contributed by atoms with Crippen molar-refractivity contribution in [2.24, 2.45) is 5.92 Å². The van der Waals surface area contributed by atoms with Crippen LogP contribution in [0.3, 0.4) is 0 Å². The van der Waals surface area contributed by atoms with E-state index < -0.39 is 0 Å². The van der Waals surface area contributed by atoms with E-state index in [4.69, 9.17) is 9.47 Å². The highest BCUT2D eigenvalue weighted by Crippen LogP contribution is 2.23. The van der Waals surface area contributed by atoms with Crippen molar-refractivity contribution in [1.29, 1.82) is 0 Å². The topological polar surface area (TPSA) is 38.8 Å². The number of Topliss-reactive ketones (excluding diaryl/α,β-unsaturated/α-hetero) is 1. The van der Waals surface area contributed by atoms with Crippen LogP contribution < -0.4 is 0 Å². The Kier molecular flexibility index (Phi) is 17.6. The van der Waals surface area contributed by atoms with Gasteiger partial charge in [-0.15, -0.1) is 0 Å². The van der Waals surface area contributed by atoms with Crippen molar-refractivity contribution in [3.8, 4) is 0 Å². The van der Waals surface area contributed by atoms with Crippen molar-refractivity contribution in [1.82, 2.24) is 4.90 Å². The number of likely N-dealkylation sites (tertiary alicyclic amines) is 1. The quantitative estimate of drug-likeness (QED) is 0.557. The molecule has 0 N–H and O–H groups in total. The van der Waals surface area contributed by atoms with Crippen LogP contribution in [0.4, 0.5) is 0 Å². The van der Waals surface area contributed by atoms with Gasteiger partial charge in [-0.2, -0.15) is 0 Å². The molecule has 0 spiro atoms. The smallest absolute Gasteiger partial charge is 0.132 e. The molecule has 0 amide bonds. The van der Waals surface area contributed by atoms with Crippen molar-refractivity contribution >= 4 is 5.78 Å². The largest absolute Gasteiger partial charge is 0.378 e. The molecule has 0 bridgehead atoms. The maximum Gasteiger partial charge on any atom is 0.132 e. The molecule has 2 rings (SSSR count). The van der Waals surface area contributed by atoms with Crippen LogP contribution in [0, 0.1) is 5.92 Å². The average Bonchev–Trinajstić information content (AvgIpc) is 2.68. The Morgan fingerprint density at radius 3 is 2.00 bits per heavy atom. The van der Waals surface area contributed by atoms with Crippen LogP contribution in [0.2, 0.25) is 0 Å². The molecule has 0 atom stereocenters.